The van der Waals surface area contributed by atoms with Gasteiger partial charge in [-0.15, -0.1) is 0 Å². The molecule has 11 heteroatoms. The van der Waals surface area contributed by atoms with Crippen LogP contribution in [0.25, 0.3) is 0 Å². The minimum atomic E-state index is -1.91. The summed E-state index contributed by atoms with van der Waals surface area (Å²) < 4.78 is 41.4. The van der Waals surface area contributed by atoms with Crippen LogP contribution in [0.15, 0.2) is 35.6 Å². The summed E-state index contributed by atoms with van der Waals surface area (Å²) >= 11 is 1.07. The quantitative estimate of drug-likeness (QED) is 0.680. The Labute approximate surface area is 187 Å². The number of alkyl halides is 1. The summed E-state index contributed by atoms with van der Waals surface area (Å²) in [4.78, 5) is 25.1. The average molecular weight is 461 g/mol. The van der Waals surface area contributed by atoms with Gasteiger partial charge in [0, 0.05) is 17.0 Å². The number of nitrogens with zero attached hydrogens (tertiary/aromatic N) is 3. The average Bonchev–Trinajstić information content (AvgIpc) is 3.55. The van der Waals surface area contributed by atoms with E-state index in [2.05, 4.69) is 20.3 Å². The van der Waals surface area contributed by atoms with Crippen molar-refractivity contribution in [3.63, 3.8) is 0 Å². The van der Waals surface area contributed by atoms with E-state index in [1.54, 1.807) is 0 Å². The molecule has 8 nitrogen and oxygen atoms in total. The van der Waals surface area contributed by atoms with Gasteiger partial charge in [-0.25, -0.2) is 23.7 Å². The minimum Gasteiger partial charge on any atom is -0.476 e. The second-order valence-electron chi connectivity index (χ2n) is 8.20. The molecular formula is C21H21F2N5O3S. The predicted molar refractivity (Wildman–Crippen MR) is 115 cm³/mol. The number of nitrogens with one attached hydrogen (secondary N) is 1. The van der Waals surface area contributed by atoms with E-state index in [0.29, 0.717) is 18.4 Å². The molecule has 1 aromatic heterocycles. The number of carbonyl (C=O) groups excluding carboxylic acids is 1. The van der Waals surface area contributed by atoms with E-state index in [-0.39, 0.29) is 41.1 Å². The van der Waals surface area contributed by atoms with E-state index in [1.807, 2.05) is 0 Å². The molecule has 0 spiro atoms. The molecular weight excluding hydrogens is 440 g/mol. The van der Waals surface area contributed by atoms with Crippen molar-refractivity contribution in [2.75, 3.05) is 30.9 Å². The number of carbonyl (C=O) groups is 1. The molecule has 168 valence electrons. The molecule has 2 aliphatic heterocycles. The maximum Gasteiger partial charge on any atom is 0.275 e. The van der Waals surface area contributed by atoms with Crippen LogP contribution in [0.5, 0.6) is 5.88 Å². The summed E-state index contributed by atoms with van der Waals surface area (Å²) in [5.74, 6) is -0.276. The van der Waals surface area contributed by atoms with Crippen molar-refractivity contribution < 1.29 is 23.0 Å². The third-order valence-corrected chi connectivity index (χ3v) is 6.82. The first-order chi connectivity index (χ1) is 15.4. The lowest BCUT2D eigenvalue weighted by molar-refractivity contribution is 0.102. The summed E-state index contributed by atoms with van der Waals surface area (Å²) in [6.45, 7) is 0.232. The van der Waals surface area contributed by atoms with Gasteiger partial charge in [-0.05, 0) is 37.0 Å². The number of hydrogen-bond donors (Lipinski definition) is 2. The van der Waals surface area contributed by atoms with Gasteiger partial charge in [0.25, 0.3) is 5.91 Å². The van der Waals surface area contributed by atoms with Crippen LogP contribution >= 0.6 is 11.8 Å². The van der Waals surface area contributed by atoms with Crippen molar-refractivity contribution in [3.8, 4) is 5.88 Å². The summed E-state index contributed by atoms with van der Waals surface area (Å²) in [5, 5.41) is 2.81. The largest absolute Gasteiger partial charge is 0.476 e. The van der Waals surface area contributed by atoms with Gasteiger partial charge in [0.1, 0.15) is 11.5 Å². The Bertz CT molecular complexity index is 1080. The number of rotatable bonds is 6. The van der Waals surface area contributed by atoms with Gasteiger partial charge in [0.2, 0.25) is 5.88 Å². The summed E-state index contributed by atoms with van der Waals surface area (Å²) in [7, 11) is 0. The van der Waals surface area contributed by atoms with Crippen LogP contribution in [0.4, 0.5) is 14.5 Å². The van der Waals surface area contributed by atoms with E-state index in [4.69, 9.17) is 15.2 Å². The summed E-state index contributed by atoms with van der Waals surface area (Å²) in [5.41, 5.74) is 2.63. The minimum absolute atomic E-state index is 0.00309. The number of amidine groups is 1. The standard InChI is InChI=1S/C21H21F2N5O3S/c22-15-4-3-13(5-14(15)21-10-30-9-20(21,23)11-32-19(24)28-21)27-18(29)16-6-26-17(7-25-16)31-8-12-1-2-12/h3-7,12H,1-2,8-11H2,(H2,24,28)(H,27,29). The zero-order valence-corrected chi connectivity index (χ0v) is 17.8. The highest BCUT2D eigenvalue weighted by Gasteiger charge is 2.61. The maximum atomic E-state index is 15.7. The molecule has 2 unspecified atom stereocenters. The van der Waals surface area contributed by atoms with Gasteiger partial charge in [-0.2, -0.15) is 0 Å². The molecule has 3 N–H and O–H groups in total. The van der Waals surface area contributed by atoms with Crippen LogP contribution in [0.2, 0.25) is 0 Å². The van der Waals surface area contributed by atoms with Gasteiger partial charge in [0.05, 0.1) is 32.2 Å². The number of benzene rings is 1. The molecule has 1 aromatic carbocycles. The number of ether oxygens (including phenoxy) is 2. The second kappa shape index (κ2) is 7.96. The highest BCUT2D eigenvalue weighted by Crippen LogP contribution is 2.50. The van der Waals surface area contributed by atoms with Crippen LogP contribution in [0.1, 0.15) is 28.9 Å². The Kier molecular flexibility index (Phi) is 5.25. The smallest absolute Gasteiger partial charge is 0.275 e. The Balaban J connectivity index is 1.37. The van der Waals surface area contributed by atoms with Gasteiger partial charge in [0.15, 0.2) is 16.4 Å². The van der Waals surface area contributed by atoms with Crippen LogP contribution in [-0.4, -0.2) is 52.3 Å². The van der Waals surface area contributed by atoms with Crippen LogP contribution in [0.3, 0.4) is 0 Å². The number of halogens is 2. The molecule has 1 aliphatic carbocycles. The summed E-state index contributed by atoms with van der Waals surface area (Å²) in [6.07, 6.45) is 5.00. The number of nitrogens with two attached hydrogens (primary N) is 1. The fourth-order valence-corrected chi connectivity index (χ4v) is 4.72. The van der Waals surface area contributed by atoms with Crippen LogP contribution in [0, 0.1) is 11.7 Å². The van der Waals surface area contributed by atoms with E-state index < -0.39 is 22.9 Å². The van der Waals surface area contributed by atoms with Crippen molar-refractivity contribution in [3.05, 3.63) is 47.7 Å². The zero-order chi connectivity index (χ0) is 22.3. The Hall–Kier alpha value is -2.79. The molecule has 1 saturated heterocycles. The van der Waals surface area contributed by atoms with Crippen molar-refractivity contribution >= 4 is 28.5 Å². The van der Waals surface area contributed by atoms with Crippen molar-refractivity contribution in [1.82, 2.24) is 9.97 Å². The molecule has 3 aliphatic rings. The lowest BCUT2D eigenvalue weighted by atomic mass is 9.79. The molecule has 32 heavy (non-hydrogen) atoms. The number of hydrogen-bond acceptors (Lipinski definition) is 8. The zero-order valence-electron chi connectivity index (χ0n) is 17.0. The molecule has 5 rings (SSSR count). The maximum absolute atomic E-state index is 15.7. The number of aliphatic imine (C=N–C) groups is 1. The number of aromatic nitrogens is 2. The molecule has 3 heterocycles. The van der Waals surface area contributed by atoms with E-state index in [9.17, 15) is 9.18 Å². The van der Waals surface area contributed by atoms with E-state index >= 15 is 4.39 Å². The van der Waals surface area contributed by atoms with Crippen molar-refractivity contribution in [2.45, 2.75) is 24.0 Å². The highest BCUT2D eigenvalue weighted by molar-refractivity contribution is 8.13. The van der Waals surface area contributed by atoms with Gasteiger partial charge in [-0.1, -0.05) is 11.8 Å². The first kappa shape index (κ1) is 21.1. The van der Waals surface area contributed by atoms with Crippen molar-refractivity contribution in [1.29, 1.82) is 0 Å². The molecule has 0 bridgehead atoms. The number of anilines is 1. The fourth-order valence-electron chi connectivity index (χ4n) is 3.80. The first-order valence-electron chi connectivity index (χ1n) is 10.2. The number of thioether (sulfide) groups is 1. The topological polar surface area (TPSA) is 112 Å². The first-order valence-corrected chi connectivity index (χ1v) is 11.2. The Morgan fingerprint density at radius 2 is 2.16 bits per heavy atom. The third kappa shape index (κ3) is 3.79. The monoisotopic (exact) mass is 461 g/mol. The highest BCUT2D eigenvalue weighted by atomic mass is 32.2. The molecule has 2 atom stereocenters. The lowest BCUT2D eigenvalue weighted by Gasteiger charge is -2.38. The van der Waals surface area contributed by atoms with Gasteiger partial charge in [-0.3, -0.25) is 4.79 Å². The number of fused-ring (bicyclic) bond motifs is 1. The molecule has 0 radical (unpaired) electrons. The normalized spacial score (nSPS) is 26.9. The fraction of sp³-hybridized carbons (Fsp3) is 0.429. The number of amides is 1. The van der Waals surface area contributed by atoms with Crippen LogP contribution in [-0.2, 0) is 10.3 Å². The van der Waals surface area contributed by atoms with E-state index in [1.165, 1.54) is 24.5 Å². The molecule has 2 aromatic rings. The molecule has 2 fully saturated rings. The van der Waals surface area contributed by atoms with Gasteiger partial charge < -0.3 is 20.5 Å². The summed E-state index contributed by atoms with van der Waals surface area (Å²) in [6, 6.07) is 3.91. The Morgan fingerprint density at radius 3 is 2.91 bits per heavy atom. The van der Waals surface area contributed by atoms with Crippen molar-refractivity contribution in [2.24, 2.45) is 16.6 Å². The Morgan fingerprint density at radius 1 is 1.31 bits per heavy atom. The third-order valence-electron chi connectivity index (χ3n) is 5.83. The molecule has 1 amide bonds. The predicted octanol–water partition coefficient (Wildman–Crippen LogP) is 2.65. The van der Waals surface area contributed by atoms with E-state index in [0.717, 1.165) is 30.7 Å². The SMILES string of the molecule is NC1=NC2(c3cc(NC(=O)c4cnc(OCC5CC5)cn4)ccc3F)COCC2(F)CS1. The second-order valence-corrected chi connectivity index (χ2v) is 9.20. The molecule has 1 saturated carbocycles. The van der Waals surface area contributed by atoms with Crippen LogP contribution < -0.4 is 15.8 Å². The van der Waals surface area contributed by atoms with Gasteiger partial charge >= 0.3 is 0 Å². The lowest BCUT2D eigenvalue weighted by Crippen LogP contribution is -2.52.